The summed E-state index contributed by atoms with van der Waals surface area (Å²) in [5.41, 5.74) is 2.50. The molecule has 1 saturated heterocycles. The second-order valence-electron chi connectivity index (χ2n) is 8.94. The molecule has 1 amide bonds. The Kier molecular flexibility index (Phi) is 5.64. The minimum atomic E-state index is -0.934. The third kappa shape index (κ3) is 3.92. The van der Waals surface area contributed by atoms with Crippen LogP contribution in [-0.4, -0.2) is 39.5 Å². The maximum atomic E-state index is 13.4. The molecule has 2 aliphatic heterocycles. The van der Waals surface area contributed by atoms with Crippen molar-refractivity contribution in [1.29, 1.82) is 0 Å². The Morgan fingerprint density at radius 3 is 2.84 bits per heavy atom. The van der Waals surface area contributed by atoms with Crippen molar-refractivity contribution < 1.29 is 24.2 Å². The fourth-order valence-electron chi connectivity index (χ4n) is 4.82. The van der Waals surface area contributed by atoms with Crippen LogP contribution >= 0.6 is 11.3 Å². The highest BCUT2D eigenvalue weighted by atomic mass is 32.1. The number of nitrogens with zero attached hydrogens (tertiary/aromatic N) is 3. The second kappa shape index (κ2) is 9.01. The molecule has 0 bridgehead atoms. The minimum Gasteiger partial charge on any atom is -0.507 e. The Hall–Kier alpha value is -4.24. The highest BCUT2D eigenvalue weighted by molar-refractivity contribution is 7.22. The zero-order valence-corrected chi connectivity index (χ0v) is 21.0. The predicted molar refractivity (Wildman–Crippen MR) is 140 cm³/mol. The molecule has 9 heteroatoms. The molecule has 4 aromatic rings. The van der Waals surface area contributed by atoms with Gasteiger partial charge in [-0.15, -0.1) is 0 Å². The first-order chi connectivity index (χ1) is 17.9. The molecule has 6 rings (SSSR count). The summed E-state index contributed by atoms with van der Waals surface area (Å²) in [5, 5.41) is 11.8. The van der Waals surface area contributed by atoms with Crippen molar-refractivity contribution in [3.8, 4) is 11.5 Å². The molecular weight excluding hydrogens is 490 g/mol. The first-order valence-electron chi connectivity index (χ1n) is 12.0. The van der Waals surface area contributed by atoms with Crippen LogP contribution in [0, 0.1) is 0 Å². The lowest BCUT2D eigenvalue weighted by atomic mass is 9.97. The summed E-state index contributed by atoms with van der Waals surface area (Å²) in [5.74, 6) is -0.347. The van der Waals surface area contributed by atoms with E-state index in [9.17, 15) is 14.7 Å². The van der Waals surface area contributed by atoms with Crippen LogP contribution in [-0.2, 0) is 16.0 Å². The molecule has 1 N–H and O–H groups in total. The Morgan fingerprint density at radius 2 is 2.05 bits per heavy atom. The summed E-state index contributed by atoms with van der Waals surface area (Å²) in [6, 6.07) is 15.1. The van der Waals surface area contributed by atoms with E-state index in [2.05, 4.69) is 9.97 Å². The summed E-state index contributed by atoms with van der Waals surface area (Å²) < 4.78 is 12.2. The molecule has 8 nitrogen and oxygen atoms in total. The quantitative estimate of drug-likeness (QED) is 0.227. The van der Waals surface area contributed by atoms with Crippen LogP contribution in [0.4, 0.5) is 5.13 Å². The highest BCUT2D eigenvalue weighted by Gasteiger charge is 2.49. The maximum Gasteiger partial charge on any atom is 0.301 e. The van der Waals surface area contributed by atoms with Gasteiger partial charge in [0.25, 0.3) is 5.78 Å². The normalized spacial score (nSPS) is 20.3. The van der Waals surface area contributed by atoms with Gasteiger partial charge in [-0.2, -0.15) is 0 Å². The number of Topliss-reactive ketones (excluding diaryl/α,β-unsaturated/α-hetero) is 1. The molecule has 0 aliphatic carbocycles. The van der Waals surface area contributed by atoms with Crippen molar-refractivity contribution >= 4 is 44.1 Å². The third-order valence-corrected chi connectivity index (χ3v) is 7.46. The Balaban J connectivity index is 1.50. The van der Waals surface area contributed by atoms with Gasteiger partial charge in [-0.3, -0.25) is 19.5 Å². The average molecular weight is 514 g/mol. The number of amides is 1. The van der Waals surface area contributed by atoms with Gasteiger partial charge in [0.05, 0.1) is 28.1 Å². The lowest BCUT2D eigenvalue weighted by molar-refractivity contribution is -0.132. The molecule has 1 fully saturated rings. The molecule has 186 valence electrons. The number of rotatable bonds is 5. The molecular formula is C28H23N3O5S. The summed E-state index contributed by atoms with van der Waals surface area (Å²) in [4.78, 5) is 37.3. The molecule has 0 radical (unpaired) electrons. The van der Waals surface area contributed by atoms with E-state index >= 15 is 0 Å². The average Bonchev–Trinajstić information content (AvgIpc) is 3.56. The highest BCUT2D eigenvalue weighted by Crippen LogP contribution is 2.44. The van der Waals surface area contributed by atoms with E-state index in [4.69, 9.17) is 9.47 Å². The van der Waals surface area contributed by atoms with Crippen LogP contribution in [0.1, 0.15) is 36.7 Å². The third-order valence-electron chi connectivity index (χ3n) is 6.45. The van der Waals surface area contributed by atoms with Crippen LogP contribution in [0.5, 0.6) is 11.5 Å². The number of aliphatic hydroxyl groups excluding tert-OH is 1. The Labute approximate surface area is 216 Å². The molecule has 37 heavy (non-hydrogen) atoms. The van der Waals surface area contributed by atoms with Crippen LogP contribution in [0.15, 0.2) is 66.4 Å². The number of ketones is 1. The van der Waals surface area contributed by atoms with E-state index in [1.54, 1.807) is 36.5 Å². The van der Waals surface area contributed by atoms with Crippen molar-refractivity contribution in [3.05, 3.63) is 83.2 Å². The van der Waals surface area contributed by atoms with Gasteiger partial charge in [0.2, 0.25) is 0 Å². The second-order valence-corrected chi connectivity index (χ2v) is 9.95. The first kappa shape index (κ1) is 23.2. The van der Waals surface area contributed by atoms with Gasteiger partial charge in [-0.1, -0.05) is 17.4 Å². The zero-order valence-electron chi connectivity index (χ0n) is 20.2. The molecule has 2 aromatic carbocycles. The van der Waals surface area contributed by atoms with Gasteiger partial charge in [0.15, 0.2) is 5.13 Å². The summed E-state index contributed by atoms with van der Waals surface area (Å²) in [7, 11) is 0. The number of ether oxygens (including phenoxy) is 2. The van der Waals surface area contributed by atoms with Gasteiger partial charge >= 0.3 is 5.91 Å². The Morgan fingerprint density at radius 1 is 1.19 bits per heavy atom. The van der Waals surface area contributed by atoms with Gasteiger partial charge in [-0.05, 0) is 67.9 Å². The fraction of sp³-hybridized carbons (Fsp3) is 0.214. The number of carbonyl (C=O) groups excluding carboxylic acids is 2. The summed E-state index contributed by atoms with van der Waals surface area (Å²) in [6.07, 6.45) is 2.33. The predicted octanol–water partition coefficient (Wildman–Crippen LogP) is 5.04. The number of thiazole rings is 1. The van der Waals surface area contributed by atoms with Crippen LogP contribution in [0.2, 0.25) is 0 Å². The number of anilines is 1. The molecule has 0 saturated carbocycles. The molecule has 2 atom stereocenters. The molecule has 2 aromatic heterocycles. The topological polar surface area (TPSA) is 102 Å². The fourth-order valence-corrected chi connectivity index (χ4v) is 5.85. The monoisotopic (exact) mass is 513 g/mol. The zero-order chi connectivity index (χ0) is 25.7. The molecule has 0 spiro atoms. The van der Waals surface area contributed by atoms with Crippen molar-refractivity contribution in [2.75, 3.05) is 11.5 Å². The molecule has 2 unspecified atom stereocenters. The minimum absolute atomic E-state index is 0.0233. The number of aromatic nitrogens is 2. The van der Waals surface area contributed by atoms with E-state index in [0.717, 1.165) is 16.0 Å². The van der Waals surface area contributed by atoms with Crippen molar-refractivity contribution in [1.82, 2.24) is 9.97 Å². The first-order valence-corrected chi connectivity index (χ1v) is 12.8. The van der Waals surface area contributed by atoms with Crippen LogP contribution in [0.25, 0.3) is 16.0 Å². The number of hydrogen-bond donors (Lipinski definition) is 1. The number of fused-ring (bicyclic) bond motifs is 2. The molecule has 2 aliphatic rings. The van der Waals surface area contributed by atoms with Crippen molar-refractivity contribution in [2.24, 2.45) is 0 Å². The van der Waals surface area contributed by atoms with Gasteiger partial charge < -0.3 is 14.6 Å². The van der Waals surface area contributed by atoms with E-state index in [-0.39, 0.29) is 17.4 Å². The lowest BCUT2D eigenvalue weighted by Gasteiger charge is -2.22. The van der Waals surface area contributed by atoms with E-state index < -0.39 is 17.7 Å². The van der Waals surface area contributed by atoms with E-state index in [1.807, 2.05) is 38.1 Å². The largest absolute Gasteiger partial charge is 0.507 e. The molecule has 4 heterocycles. The number of carbonyl (C=O) groups is 2. The van der Waals surface area contributed by atoms with Gasteiger partial charge in [0, 0.05) is 18.2 Å². The standard InChI is InChI=1S/C28H23N3O5S/c1-3-35-18-8-9-19-22(14-18)37-28(30-19)31-24(20-6-4-5-11-29-20)23(26(33)27(31)34)25(32)16-7-10-21-17(13-16)12-15(2)36-21/h4-11,13-15,24,32H,3,12H2,1-2H3/b25-23+. The van der Waals surface area contributed by atoms with Crippen molar-refractivity contribution in [2.45, 2.75) is 32.4 Å². The van der Waals surface area contributed by atoms with Gasteiger partial charge in [0.1, 0.15) is 29.4 Å². The number of hydrogen-bond acceptors (Lipinski definition) is 8. The Bertz CT molecular complexity index is 1580. The smallest absolute Gasteiger partial charge is 0.301 e. The van der Waals surface area contributed by atoms with E-state index in [1.165, 1.54) is 16.2 Å². The lowest BCUT2D eigenvalue weighted by Crippen LogP contribution is -2.29. The van der Waals surface area contributed by atoms with Crippen molar-refractivity contribution in [3.63, 3.8) is 0 Å². The van der Waals surface area contributed by atoms with E-state index in [0.29, 0.717) is 40.7 Å². The number of pyridine rings is 1. The van der Waals surface area contributed by atoms with Gasteiger partial charge in [-0.25, -0.2) is 4.98 Å². The SMILES string of the molecule is CCOc1ccc2nc(N3C(=O)C(=O)/C(=C(/O)c4ccc5c(c4)CC(C)O5)C3c3ccccn3)sc2c1. The number of benzene rings is 2. The van der Waals surface area contributed by atoms with Crippen LogP contribution in [0.3, 0.4) is 0 Å². The summed E-state index contributed by atoms with van der Waals surface area (Å²) in [6.45, 7) is 4.41. The summed E-state index contributed by atoms with van der Waals surface area (Å²) >= 11 is 1.28. The maximum absolute atomic E-state index is 13.4. The van der Waals surface area contributed by atoms with Crippen LogP contribution < -0.4 is 14.4 Å². The number of aliphatic hydroxyl groups is 1.